The van der Waals surface area contributed by atoms with Gasteiger partial charge in [0.15, 0.2) is 0 Å². The highest BCUT2D eigenvalue weighted by atomic mass is 32.1. The third-order valence-corrected chi connectivity index (χ3v) is 3.54. The van der Waals surface area contributed by atoms with Crippen molar-refractivity contribution in [3.05, 3.63) is 33.1 Å². The number of aryl methyl sites for hydroxylation is 1. The number of thiol groups is 1. The summed E-state index contributed by atoms with van der Waals surface area (Å²) in [6.45, 7) is 6.86. The van der Waals surface area contributed by atoms with Crippen molar-refractivity contribution in [1.29, 1.82) is 0 Å². The Morgan fingerprint density at radius 2 is 1.82 bits per heavy atom. The maximum atomic E-state index is 11.8. The zero-order chi connectivity index (χ0) is 13.2. The van der Waals surface area contributed by atoms with Crippen LogP contribution < -0.4 is 11.1 Å². The average molecular weight is 256 g/mol. The van der Waals surface area contributed by atoms with Crippen molar-refractivity contribution in [1.82, 2.24) is 9.13 Å². The third-order valence-electron chi connectivity index (χ3n) is 3.10. The van der Waals surface area contributed by atoms with E-state index in [1.807, 2.05) is 0 Å². The van der Waals surface area contributed by atoms with Crippen LogP contribution in [0.2, 0.25) is 0 Å². The second-order valence-corrected chi connectivity index (χ2v) is 5.78. The van der Waals surface area contributed by atoms with Crippen LogP contribution in [-0.2, 0) is 13.6 Å². The van der Waals surface area contributed by atoms with Crippen LogP contribution >= 0.6 is 12.6 Å². The highest BCUT2D eigenvalue weighted by molar-refractivity contribution is 7.80. The predicted octanol–water partition coefficient (Wildman–Crippen LogP) is 1.14. The van der Waals surface area contributed by atoms with Crippen molar-refractivity contribution in [3.63, 3.8) is 0 Å². The van der Waals surface area contributed by atoms with E-state index in [1.54, 1.807) is 19.4 Å². The Morgan fingerprint density at radius 3 is 2.29 bits per heavy atom. The topological polar surface area (TPSA) is 44.0 Å². The first-order valence-electron chi connectivity index (χ1n) is 5.64. The van der Waals surface area contributed by atoms with Gasteiger partial charge in [-0.05, 0) is 17.1 Å². The van der Waals surface area contributed by atoms with E-state index in [-0.39, 0.29) is 11.3 Å². The lowest BCUT2D eigenvalue weighted by Crippen LogP contribution is -2.42. The van der Waals surface area contributed by atoms with Crippen LogP contribution in [0.25, 0.3) is 0 Å². The second-order valence-electron chi connectivity index (χ2n) is 5.42. The van der Waals surface area contributed by atoms with Gasteiger partial charge >= 0.3 is 11.1 Å². The van der Waals surface area contributed by atoms with Gasteiger partial charge in [-0.1, -0.05) is 20.8 Å². The van der Waals surface area contributed by atoms with E-state index in [1.165, 1.54) is 9.13 Å². The third kappa shape index (κ3) is 3.25. The number of hydrogen-bond acceptors (Lipinski definition) is 3. The normalized spacial score (nSPS) is 13.7. The molecule has 1 aromatic heterocycles. The molecule has 4 nitrogen and oxygen atoms in total. The van der Waals surface area contributed by atoms with Gasteiger partial charge in [0, 0.05) is 26.0 Å². The van der Waals surface area contributed by atoms with Gasteiger partial charge in [-0.2, -0.15) is 12.6 Å². The van der Waals surface area contributed by atoms with E-state index in [2.05, 4.69) is 33.4 Å². The van der Waals surface area contributed by atoms with Gasteiger partial charge in [-0.3, -0.25) is 9.59 Å². The molecule has 17 heavy (non-hydrogen) atoms. The van der Waals surface area contributed by atoms with Crippen LogP contribution in [0.1, 0.15) is 20.8 Å². The summed E-state index contributed by atoms with van der Waals surface area (Å²) in [6, 6.07) is 0. The zero-order valence-corrected chi connectivity index (χ0v) is 11.7. The Hall–Kier alpha value is -0.970. The summed E-state index contributed by atoms with van der Waals surface area (Å²) >= 11 is 4.32. The summed E-state index contributed by atoms with van der Waals surface area (Å²) in [7, 11) is 1.58. The molecule has 0 aliphatic heterocycles. The number of aromatic nitrogens is 2. The van der Waals surface area contributed by atoms with Crippen LogP contribution in [0.3, 0.4) is 0 Å². The van der Waals surface area contributed by atoms with Gasteiger partial charge in [0.1, 0.15) is 0 Å². The molecule has 0 saturated heterocycles. The fraction of sp³-hybridized carbons (Fsp3) is 0.667. The van der Waals surface area contributed by atoms with Crippen LogP contribution in [-0.4, -0.2) is 14.9 Å². The Kier molecular flexibility index (Phi) is 4.25. The monoisotopic (exact) mass is 256 g/mol. The van der Waals surface area contributed by atoms with Crippen molar-refractivity contribution in [2.75, 3.05) is 5.75 Å². The number of nitrogens with zero attached hydrogens (tertiary/aromatic N) is 2. The van der Waals surface area contributed by atoms with Crippen molar-refractivity contribution < 1.29 is 0 Å². The second kappa shape index (κ2) is 5.12. The van der Waals surface area contributed by atoms with Gasteiger partial charge in [-0.25, -0.2) is 0 Å². The molecular formula is C12H20N2O2S. The molecule has 0 aromatic carbocycles. The molecule has 1 rings (SSSR count). The molecule has 0 amide bonds. The smallest absolute Gasteiger partial charge is 0.312 e. The lowest BCUT2D eigenvalue weighted by atomic mass is 9.82. The fourth-order valence-electron chi connectivity index (χ4n) is 1.58. The standard InChI is InChI=1S/C12H20N2O2S/c1-12(2,3)9(8-17)7-14-6-5-13(4)10(15)11(14)16/h5-6,9,17H,7-8H2,1-4H3. The molecule has 0 bridgehead atoms. The summed E-state index contributed by atoms with van der Waals surface area (Å²) in [5, 5.41) is 0. The Morgan fingerprint density at radius 1 is 1.24 bits per heavy atom. The van der Waals surface area contributed by atoms with Gasteiger partial charge in [0.2, 0.25) is 0 Å². The maximum Gasteiger partial charge on any atom is 0.316 e. The predicted molar refractivity (Wildman–Crippen MR) is 72.7 cm³/mol. The van der Waals surface area contributed by atoms with Crippen molar-refractivity contribution >= 4 is 12.6 Å². The number of rotatable bonds is 3. The molecule has 0 saturated carbocycles. The molecular weight excluding hydrogens is 236 g/mol. The Bertz CT molecular complexity index is 496. The minimum atomic E-state index is -0.487. The van der Waals surface area contributed by atoms with Crippen LogP contribution in [0.5, 0.6) is 0 Å². The molecule has 1 heterocycles. The summed E-state index contributed by atoms with van der Waals surface area (Å²) in [5.41, 5.74) is -0.896. The summed E-state index contributed by atoms with van der Waals surface area (Å²) < 4.78 is 2.78. The fourth-order valence-corrected chi connectivity index (χ4v) is 2.24. The van der Waals surface area contributed by atoms with Gasteiger partial charge in [0.25, 0.3) is 0 Å². The SMILES string of the molecule is Cn1ccn(CC(CS)C(C)(C)C)c(=O)c1=O. The van der Waals surface area contributed by atoms with E-state index >= 15 is 0 Å². The largest absolute Gasteiger partial charge is 0.316 e. The van der Waals surface area contributed by atoms with Crippen molar-refractivity contribution in [3.8, 4) is 0 Å². The van der Waals surface area contributed by atoms with E-state index in [0.717, 1.165) is 0 Å². The van der Waals surface area contributed by atoms with Gasteiger partial charge < -0.3 is 9.13 Å². The summed E-state index contributed by atoms with van der Waals surface area (Å²) in [6.07, 6.45) is 3.27. The quantitative estimate of drug-likeness (QED) is 0.651. The lowest BCUT2D eigenvalue weighted by Gasteiger charge is -2.29. The Labute approximate surface area is 107 Å². The van der Waals surface area contributed by atoms with E-state index in [0.29, 0.717) is 12.3 Å². The van der Waals surface area contributed by atoms with Crippen LogP contribution in [0.4, 0.5) is 0 Å². The van der Waals surface area contributed by atoms with Crippen molar-refractivity contribution in [2.24, 2.45) is 18.4 Å². The first-order valence-corrected chi connectivity index (χ1v) is 6.27. The molecule has 96 valence electrons. The molecule has 1 aromatic rings. The van der Waals surface area contributed by atoms with Gasteiger partial charge in [0.05, 0.1) is 0 Å². The summed E-state index contributed by atoms with van der Waals surface area (Å²) in [5.74, 6) is 0.932. The maximum absolute atomic E-state index is 11.8. The zero-order valence-electron chi connectivity index (χ0n) is 10.8. The molecule has 0 aliphatic carbocycles. The first kappa shape index (κ1) is 14.1. The van der Waals surface area contributed by atoms with E-state index in [9.17, 15) is 9.59 Å². The first-order chi connectivity index (χ1) is 7.77. The minimum Gasteiger partial charge on any atom is -0.312 e. The van der Waals surface area contributed by atoms with Crippen LogP contribution in [0, 0.1) is 11.3 Å². The molecule has 0 fully saturated rings. The summed E-state index contributed by atoms with van der Waals surface area (Å²) in [4.78, 5) is 23.3. The molecule has 1 unspecified atom stereocenters. The molecule has 0 aliphatic rings. The molecule has 0 radical (unpaired) electrons. The molecule has 1 atom stereocenters. The van der Waals surface area contributed by atoms with Crippen molar-refractivity contribution in [2.45, 2.75) is 27.3 Å². The van der Waals surface area contributed by atoms with E-state index < -0.39 is 11.1 Å². The lowest BCUT2D eigenvalue weighted by molar-refractivity contribution is 0.235. The highest BCUT2D eigenvalue weighted by Crippen LogP contribution is 2.27. The van der Waals surface area contributed by atoms with Crippen LogP contribution in [0.15, 0.2) is 22.0 Å². The Balaban J connectivity index is 3.08. The molecule has 0 N–H and O–H groups in total. The minimum absolute atomic E-state index is 0.0578. The van der Waals surface area contributed by atoms with E-state index in [4.69, 9.17) is 0 Å². The molecule has 0 spiro atoms. The average Bonchev–Trinajstić information content (AvgIpc) is 2.23. The van der Waals surface area contributed by atoms with Gasteiger partial charge in [-0.15, -0.1) is 0 Å². The highest BCUT2D eigenvalue weighted by Gasteiger charge is 2.24. The number of hydrogen-bond donors (Lipinski definition) is 1. The molecule has 5 heteroatoms.